The third-order valence-electron chi connectivity index (χ3n) is 15.9. The van der Waals surface area contributed by atoms with E-state index in [1.807, 2.05) is 0 Å². The van der Waals surface area contributed by atoms with Gasteiger partial charge in [0.1, 0.15) is 11.2 Å². The van der Waals surface area contributed by atoms with Crippen LogP contribution in [0.2, 0.25) is 0 Å². The van der Waals surface area contributed by atoms with Gasteiger partial charge in [-0.05, 0) is 78.4 Å². The molecular weight excluding hydrogens is 943 g/mol. The molecule has 8 nitrogen and oxygen atoms in total. The second-order valence-electron chi connectivity index (χ2n) is 19.9. The number of para-hydroxylation sites is 9. The molecule has 0 saturated carbocycles. The lowest BCUT2D eigenvalue weighted by atomic mass is 9.96. The zero-order valence-corrected chi connectivity index (χ0v) is 41.2. The van der Waals surface area contributed by atoms with Crippen LogP contribution in [0.15, 0.2) is 253 Å². The van der Waals surface area contributed by atoms with Crippen LogP contribution in [0.5, 0.6) is 0 Å². The summed E-state index contributed by atoms with van der Waals surface area (Å²) in [5.74, 6) is 1.53. The van der Waals surface area contributed by atoms with E-state index in [4.69, 9.17) is 19.4 Å². The van der Waals surface area contributed by atoms with Crippen LogP contribution in [-0.4, -0.2) is 33.2 Å². The monoisotopic (exact) mass is 983 g/mol. The number of benzene rings is 11. The first-order valence-electron chi connectivity index (χ1n) is 26.0. The first kappa shape index (κ1) is 41.9. The highest BCUT2D eigenvalue weighted by atomic mass is 16.3. The summed E-state index contributed by atoms with van der Waals surface area (Å²) in [6.07, 6.45) is 0. The molecule has 0 N–H and O–H groups in total. The molecule has 77 heavy (non-hydrogen) atoms. The average molecular weight is 984 g/mol. The van der Waals surface area contributed by atoms with Crippen LogP contribution < -0.4 is 0 Å². The third kappa shape index (κ3) is 5.89. The minimum Gasteiger partial charge on any atom is -0.455 e. The quantitative estimate of drug-likeness (QED) is 0.166. The van der Waals surface area contributed by atoms with Crippen LogP contribution >= 0.6 is 0 Å². The Morgan fingerprint density at radius 3 is 1.30 bits per heavy atom. The van der Waals surface area contributed by atoms with Crippen molar-refractivity contribution in [3.63, 3.8) is 0 Å². The Balaban J connectivity index is 0.930. The summed E-state index contributed by atoms with van der Waals surface area (Å²) in [4.78, 5) is 16.3. The molecule has 6 aromatic heterocycles. The van der Waals surface area contributed by atoms with Gasteiger partial charge < -0.3 is 13.6 Å². The molecule has 0 unspecified atom stereocenters. The highest BCUT2D eigenvalue weighted by Gasteiger charge is 2.26. The van der Waals surface area contributed by atoms with Crippen LogP contribution in [-0.2, 0) is 0 Å². The SMILES string of the molecule is c1ccc(-n2c3ccccc3c3c(-n4c5ccccc5c5cccc(-c6cccc7oc8c(-c9nc(-n%10c%11ccccc%11c%11ccccc%11%10)nc(-n%10c%11ccccc%11c%11ccccc%11%10)n9)cccc8c67)c54)cccc32)cc1. The van der Waals surface area contributed by atoms with Crippen molar-refractivity contribution in [3.8, 4) is 45.8 Å². The van der Waals surface area contributed by atoms with Crippen LogP contribution in [0, 0.1) is 0 Å². The number of furan rings is 1. The average Bonchev–Trinajstić information content (AvgIpc) is 4.44. The molecule has 0 aliphatic heterocycles. The summed E-state index contributed by atoms with van der Waals surface area (Å²) in [7, 11) is 0. The second kappa shape index (κ2) is 16.0. The smallest absolute Gasteiger partial charge is 0.240 e. The summed E-state index contributed by atoms with van der Waals surface area (Å²) < 4.78 is 16.4. The first-order valence-corrected chi connectivity index (χ1v) is 26.0. The minimum absolute atomic E-state index is 0.505. The normalized spacial score (nSPS) is 12.2. The topological polar surface area (TPSA) is 71.5 Å². The molecule has 0 aliphatic rings. The van der Waals surface area contributed by atoms with Crippen LogP contribution in [0.25, 0.3) is 155 Å². The van der Waals surface area contributed by atoms with Gasteiger partial charge in [0.15, 0.2) is 5.82 Å². The van der Waals surface area contributed by atoms with Crippen molar-refractivity contribution in [2.75, 3.05) is 0 Å². The van der Waals surface area contributed by atoms with E-state index < -0.39 is 0 Å². The van der Waals surface area contributed by atoms with Crippen molar-refractivity contribution in [2.45, 2.75) is 0 Å². The molecule has 17 rings (SSSR count). The highest BCUT2D eigenvalue weighted by Crippen LogP contribution is 2.46. The van der Waals surface area contributed by atoms with Gasteiger partial charge in [-0.25, -0.2) is 0 Å². The minimum atomic E-state index is 0.505. The number of nitrogens with zero attached hydrogens (tertiary/aromatic N) is 7. The van der Waals surface area contributed by atoms with Crippen molar-refractivity contribution in [3.05, 3.63) is 249 Å². The van der Waals surface area contributed by atoms with Gasteiger partial charge in [0.25, 0.3) is 0 Å². The van der Waals surface area contributed by atoms with E-state index in [0.717, 1.165) is 110 Å². The number of rotatable bonds is 6. The lowest BCUT2D eigenvalue weighted by molar-refractivity contribution is 0.669. The lowest BCUT2D eigenvalue weighted by Crippen LogP contribution is -2.10. The van der Waals surface area contributed by atoms with E-state index in [-0.39, 0.29) is 0 Å². The number of aromatic nitrogens is 7. The number of fused-ring (bicyclic) bond motifs is 15. The maximum absolute atomic E-state index is 7.16. The molecule has 358 valence electrons. The maximum atomic E-state index is 7.16. The van der Waals surface area contributed by atoms with Crippen molar-refractivity contribution in [1.82, 2.24) is 33.2 Å². The maximum Gasteiger partial charge on any atom is 0.240 e. The molecule has 0 radical (unpaired) electrons. The van der Waals surface area contributed by atoms with E-state index >= 15 is 0 Å². The third-order valence-corrected chi connectivity index (χ3v) is 15.9. The fraction of sp³-hybridized carbons (Fsp3) is 0. The van der Waals surface area contributed by atoms with Gasteiger partial charge in [-0.15, -0.1) is 0 Å². The molecular formula is C69H41N7O. The molecule has 0 bridgehead atoms. The van der Waals surface area contributed by atoms with E-state index in [1.54, 1.807) is 0 Å². The summed E-state index contributed by atoms with van der Waals surface area (Å²) in [5.41, 5.74) is 15.3. The van der Waals surface area contributed by atoms with Crippen LogP contribution in [0.1, 0.15) is 0 Å². The van der Waals surface area contributed by atoms with E-state index in [2.05, 4.69) is 267 Å². The highest BCUT2D eigenvalue weighted by molar-refractivity contribution is 6.22. The molecule has 8 heteroatoms. The molecule has 0 fully saturated rings. The fourth-order valence-corrected chi connectivity index (χ4v) is 12.7. The molecule has 0 atom stereocenters. The van der Waals surface area contributed by atoms with E-state index in [1.165, 1.54) is 21.5 Å². The summed E-state index contributed by atoms with van der Waals surface area (Å²) >= 11 is 0. The Morgan fingerprint density at radius 2 is 0.701 bits per heavy atom. The molecule has 11 aromatic carbocycles. The Morgan fingerprint density at radius 1 is 0.273 bits per heavy atom. The van der Waals surface area contributed by atoms with Crippen molar-refractivity contribution < 1.29 is 4.42 Å². The van der Waals surface area contributed by atoms with Crippen LogP contribution in [0.4, 0.5) is 0 Å². The summed E-state index contributed by atoms with van der Waals surface area (Å²) in [6, 6.07) is 88.4. The van der Waals surface area contributed by atoms with Crippen molar-refractivity contribution in [2.24, 2.45) is 0 Å². The Hall–Kier alpha value is -10.6. The lowest BCUT2D eigenvalue weighted by Gasteiger charge is -2.14. The molecule has 0 amide bonds. The van der Waals surface area contributed by atoms with Gasteiger partial charge in [0.2, 0.25) is 11.9 Å². The zero-order valence-electron chi connectivity index (χ0n) is 41.2. The van der Waals surface area contributed by atoms with Gasteiger partial charge in [-0.3, -0.25) is 9.13 Å². The van der Waals surface area contributed by atoms with E-state index in [9.17, 15) is 0 Å². The summed E-state index contributed by atoms with van der Waals surface area (Å²) in [5, 5.41) is 11.2. The molecule has 0 saturated heterocycles. The number of hydrogen-bond donors (Lipinski definition) is 0. The fourth-order valence-electron chi connectivity index (χ4n) is 12.7. The molecule has 0 aliphatic carbocycles. The van der Waals surface area contributed by atoms with Crippen molar-refractivity contribution in [1.29, 1.82) is 0 Å². The predicted octanol–water partition coefficient (Wildman–Crippen LogP) is 17.5. The van der Waals surface area contributed by atoms with Crippen LogP contribution in [0.3, 0.4) is 0 Å². The standard InChI is InChI=1S/C69H41N7O/c1-2-20-42(21-3-1)73-59-38-15-9-27-51(59)64-60(73)39-19-40-61(64)74-54-33-10-8-26-47(54)49-29-16-30-50(65(49)74)48-28-18-41-62-63(48)52-31-17-32-53(66(52)77-62)67-70-68(75-55-34-11-4-22-43(55)44-23-5-12-35-56(44)75)72-69(71-67)76-57-36-13-6-24-45(57)46-25-7-14-37-58(46)76/h1-41H. The van der Waals surface area contributed by atoms with Gasteiger partial charge in [0, 0.05) is 65.1 Å². The van der Waals surface area contributed by atoms with Gasteiger partial charge >= 0.3 is 0 Å². The van der Waals surface area contributed by atoms with E-state index in [0.29, 0.717) is 23.3 Å². The van der Waals surface area contributed by atoms with Gasteiger partial charge in [-0.2, -0.15) is 15.0 Å². The Bertz CT molecular complexity index is 5060. The second-order valence-corrected chi connectivity index (χ2v) is 19.9. The molecule has 0 spiro atoms. The predicted molar refractivity (Wildman–Crippen MR) is 315 cm³/mol. The molecule has 17 aromatic rings. The molecule has 6 heterocycles. The summed E-state index contributed by atoms with van der Waals surface area (Å²) in [6.45, 7) is 0. The first-order chi connectivity index (χ1) is 38.2. The zero-order chi connectivity index (χ0) is 50.3. The largest absolute Gasteiger partial charge is 0.455 e. The Kier molecular flexibility index (Phi) is 8.68. The Labute approximate surface area is 439 Å². The number of hydrogen-bond acceptors (Lipinski definition) is 4. The van der Waals surface area contributed by atoms with Gasteiger partial charge in [-0.1, -0.05) is 176 Å². The van der Waals surface area contributed by atoms with Crippen molar-refractivity contribution >= 4 is 109 Å². The van der Waals surface area contributed by atoms with Gasteiger partial charge in [0.05, 0.1) is 55.4 Å².